The van der Waals surface area contributed by atoms with Crippen molar-refractivity contribution in [3.8, 4) is 0 Å². The molecule has 0 saturated heterocycles. The van der Waals surface area contributed by atoms with Crippen molar-refractivity contribution in [2.24, 2.45) is 0 Å². The summed E-state index contributed by atoms with van der Waals surface area (Å²) in [4.78, 5) is 1.08. The van der Waals surface area contributed by atoms with Gasteiger partial charge >= 0.3 is 0 Å². The van der Waals surface area contributed by atoms with Crippen molar-refractivity contribution in [1.82, 2.24) is 5.32 Å². The monoisotopic (exact) mass is 213 g/mol. The van der Waals surface area contributed by atoms with Crippen molar-refractivity contribution in [1.29, 1.82) is 0 Å². The molecular weight excluding hydrogens is 194 g/mol. The molecule has 0 radical (unpaired) electrons. The Hall–Kier alpha value is -0.380. The summed E-state index contributed by atoms with van der Waals surface area (Å²) < 4.78 is 0. The van der Waals surface area contributed by atoms with E-state index >= 15 is 0 Å². The molecule has 1 aromatic rings. The van der Waals surface area contributed by atoms with E-state index in [1.54, 1.807) is 11.3 Å². The van der Waals surface area contributed by atoms with Crippen LogP contribution in [0, 0.1) is 0 Å². The first-order chi connectivity index (χ1) is 6.84. The van der Waals surface area contributed by atoms with Gasteiger partial charge in [0.1, 0.15) is 0 Å². The number of aliphatic hydroxyl groups is 1. The molecule has 3 heteroatoms. The Morgan fingerprint density at radius 3 is 3.00 bits per heavy atom. The molecule has 80 valence electrons. The van der Waals surface area contributed by atoms with E-state index in [-0.39, 0.29) is 6.10 Å². The Bertz CT molecular complexity index is 223. The lowest BCUT2D eigenvalue weighted by Crippen LogP contribution is -2.16. The van der Waals surface area contributed by atoms with Crippen LogP contribution in [0.4, 0.5) is 0 Å². The van der Waals surface area contributed by atoms with Gasteiger partial charge in [-0.1, -0.05) is 13.0 Å². The molecule has 0 aliphatic carbocycles. The Morgan fingerprint density at radius 1 is 1.50 bits per heavy atom. The summed E-state index contributed by atoms with van der Waals surface area (Å²) in [7, 11) is 0. The van der Waals surface area contributed by atoms with Gasteiger partial charge in [0, 0.05) is 4.88 Å². The average molecular weight is 213 g/mol. The molecule has 0 aromatic carbocycles. The lowest BCUT2D eigenvalue weighted by molar-refractivity contribution is 0.168. The maximum Gasteiger partial charge on any atom is 0.0882 e. The molecule has 1 atom stereocenters. The molecule has 0 aliphatic rings. The maximum absolute atomic E-state index is 9.75. The molecule has 0 unspecified atom stereocenters. The maximum atomic E-state index is 9.75. The highest BCUT2D eigenvalue weighted by Crippen LogP contribution is 2.22. The average Bonchev–Trinajstić information content (AvgIpc) is 2.70. The molecule has 1 aromatic heterocycles. The Balaban J connectivity index is 2.07. The van der Waals surface area contributed by atoms with E-state index in [9.17, 15) is 5.11 Å². The number of aliphatic hydroxyl groups excluding tert-OH is 1. The number of hydrogen-bond donors (Lipinski definition) is 2. The van der Waals surface area contributed by atoms with Gasteiger partial charge in [-0.25, -0.2) is 0 Å². The quantitative estimate of drug-likeness (QED) is 0.682. The van der Waals surface area contributed by atoms with Crippen LogP contribution in [0.25, 0.3) is 0 Å². The largest absolute Gasteiger partial charge is 0.388 e. The molecule has 0 spiro atoms. The summed E-state index contributed by atoms with van der Waals surface area (Å²) in [5.41, 5.74) is 0. The Kier molecular flexibility index (Phi) is 5.83. The van der Waals surface area contributed by atoms with Crippen LogP contribution < -0.4 is 5.32 Å². The van der Waals surface area contributed by atoms with Crippen LogP contribution in [0.5, 0.6) is 0 Å². The molecule has 2 N–H and O–H groups in total. The van der Waals surface area contributed by atoms with Gasteiger partial charge in [-0.2, -0.15) is 0 Å². The molecule has 0 bridgehead atoms. The van der Waals surface area contributed by atoms with Crippen LogP contribution in [0.2, 0.25) is 0 Å². The molecule has 1 heterocycles. The Labute approximate surface area is 90.0 Å². The topological polar surface area (TPSA) is 32.3 Å². The van der Waals surface area contributed by atoms with Crippen molar-refractivity contribution in [3.05, 3.63) is 22.4 Å². The summed E-state index contributed by atoms with van der Waals surface area (Å²) in [5, 5.41) is 15.1. The van der Waals surface area contributed by atoms with Crippen LogP contribution in [0.1, 0.15) is 37.2 Å². The summed E-state index contributed by atoms with van der Waals surface area (Å²) in [6.45, 7) is 4.25. The van der Waals surface area contributed by atoms with Gasteiger partial charge in [0.15, 0.2) is 0 Å². The molecule has 0 aliphatic heterocycles. The van der Waals surface area contributed by atoms with Crippen molar-refractivity contribution in [2.45, 2.75) is 32.3 Å². The second-order valence-corrected chi connectivity index (χ2v) is 4.40. The molecule has 0 amide bonds. The molecule has 0 fully saturated rings. The van der Waals surface area contributed by atoms with Crippen molar-refractivity contribution >= 4 is 11.3 Å². The first-order valence-corrected chi connectivity index (χ1v) is 6.14. The van der Waals surface area contributed by atoms with E-state index in [1.165, 1.54) is 6.42 Å². The smallest absolute Gasteiger partial charge is 0.0882 e. The highest BCUT2D eigenvalue weighted by Gasteiger charge is 2.06. The number of rotatable bonds is 7. The van der Waals surface area contributed by atoms with E-state index in [4.69, 9.17) is 0 Å². The van der Waals surface area contributed by atoms with Gasteiger partial charge in [0.25, 0.3) is 0 Å². The van der Waals surface area contributed by atoms with E-state index < -0.39 is 0 Å². The first kappa shape index (κ1) is 11.7. The van der Waals surface area contributed by atoms with Crippen LogP contribution >= 0.6 is 11.3 Å². The number of hydrogen-bond acceptors (Lipinski definition) is 3. The Morgan fingerprint density at radius 2 is 2.36 bits per heavy atom. The first-order valence-electron chi connectivity index (χ1n) is 5.26. The lowest BCUT2D eigenvalue weighted by atomic mass is 10.1. The highest BCUT2D eigenvalue weighted by atomic mass is 32.1. The summed E-state index contributed by atoms with van der Waals surface area (Å²) in [5.74, 6) is 0. The van der Waals surface area contributed by atoms with Gasteiger partial charge in [-0.15, -0.1) is 11.3 Å². The molecule has 14 heavy (non-hydrogen) atoms. The fourth-order valence-electron chi connectivity index (χ4n) is 1.35. The minimum atomic E-state index is -0.265. The van der Waals surface area contributed by atoms with E-state index in [0.29, 0.717) is 0 Å². The minimum Gasteiger partial charge on any atom is -0.388 e. The van der Waals surface area contributed by atoms with E-state index in [1.807, 2.05) is 17.5 Å². The summed E-state index contributed by atoms with van der Waals surface area (Å²) in [6.07, 6.45) is 2.81. The van der Waals surface area contributed by atoms with Crippen molar-refractivity contribution in [3.63, 3.8) is 0 Å². The molecule has 1 rings (SSSR count). The molecular formula is C11H19NOS. The van der Waals surface area contributed by atoms with Gasteiger partial charge < -0.3 is 10.4 Å². The van der Waals surface area contributed by atoms with Gasteiger partial charge in [0.2, 0.25) is 0 Å². The van der Waals surface area contributed by atoms with Crippen LogP contribution in [-0.2, 0) is 0 Å². The van der Waals surface area contributed by atoms with E-state index in [0.717, 1.165) is 30.8 Å². The molecule has 2 nitrogen and oxygen atoms in total. The lowest BCUT2D eigenvalue weighted by Gasteiger charge is -2.08. The standard InChI is InChI=1S/C11H19NOS/c1-2-7-12-8-3-5-10(13)11-6-4-9-14-11/h4,6,9-10,12-13H,2-3,5,7-8H2,1H3/t10-/m0/s1. The second kappa shape index (κ2) is 6.98. The van der Waals surface area contributed by atoms with Crippen LogP contribution in [-0.4, -0.2) is 18.2 Å². The fraction of sp³-hybridized carbons (Fsp3) is 0.636. The minimum absolute atomic E-state index is 0.265. The van der Waals surface area contributed by atoms with Gasteiger partial charge in [-0.3, -0.25) is 0 Å². The number of thiophene rings is 1. The third-order valence-electron chi connectivity index (χ3n) is 2.13. The van der Waals surface area contributed by atoms with Gasteiger partial charge in [-0.05, 0) is 43.8 Å². The normalized spacial score (nSPS) is 13.0. The second-order valence-electron chi connectivity index (χ2n) is 3.42. The van der Waals surface area contributed by atoms with E-state index in [2.05, 4.69) is 12.2 Å². The third kappa shape index (κ3) is 4.22. The van der Waals surface area contributed by atoms with Crippen LogP contribution in [0.3, 0.4) is 0 Å². The summed E-state index contributed by atoms with van der Waals surface area (Å²) in [6, 6.07) is 3.98. The van der Waals surface area contributed by atoms with Crippen molar-refractivity contribution < 1.29 is 5.11 Å². The third-order valence-corrected chi connectivity index (χ3v) is 3.10. The van der Waals surface area contributed by atoms with Crippen molar-refractivity contribution in [2.75, 3.05) is 13.1 Å². The predicted molar refractivity (Wildman–Crippen MR) is 61.7 cm³/mol. The molecule has 0 saturated carbocycles. The highest BCUT2D eigenvalue weighted by molar-refractivity contribution is 7.10. The SMILES string of the molecule is CCCNCCC[C@H](O)c1cccs1. The fourth-order valence-corrected chi connectivity index (χ4v) is 2.09. The summed E-state index contributed by atoms with van der Waals surface area (Å²) >= 11 is 1.63. The zero-order valence-electron chi connectivity index (χ0n) is 8.70. The van der Waals surface area contributed by atoms with Crippen LogP contribution in [0.15, 0.2) is 17.5 Å². The van der Waals surface area contributed by atoms with Gasteiger partial charge in [0.05, 0.1) is 6.10 Å². The predicted octanol–water partition coefficient (Wildman–Crippen LogP) is 2.56. The number of nitrogens with one attached hydrogen (secondary N) is 1. The zero-order valence-corrected chi connectivity index (χ0v) is 9.52. The zero-order chi connectivity index (χ0) is 10.2.